The Balaban J connectivity index is 1.67. The largest absolute Gasteiger partial charge is 0.355 e. The van der Waals surface area contributed by atoms with Crippen molar-refractivity contribution in [3.8, 4) is 0 Å². The molecule has 2 aliphatic rings. The van der Waals surface area contributed by atoms with Gasteiger partial charge in [-0.2, -0.15) is 0 Å². The Morgan fingerprint density at radius 1 is 1.04 bits per heavy atom. The van der Waals surface area contributed by atoms with E-state index in [0.717, 1.165) is 12.1 Å². The van der Waals surface area contributed by atoms with E-state index in [9.17, 15) is 0 Å². The fraction of sp³-hybridized carbons (Fsp3) is 0.333. The molecule has 0 aliphatic heterocycles. The molecular weight excluding hydrogens is 302 g/mol. The van der Waals surface area contributed by atoms with Crippen LogP contribution in [0.3, 0.4) is 0 Å². The molecule has 1 N–H and O–H groups in total. The van der Waals surface area contributed by atoms with Gasteiger partial charge in [-0.3, -0.25) is 0 Å². The molecule has 0 spiro atoms. The van der Waals surface area contributed by atoms with Crippen LogP contribution in [0.5, 0.6) is 0 Å². The highest BCUT2D eigenvalue weighted by Gasteiger charge is 2.33. The molecular formula is C24H27N. The minimum atomic E-state index is 0.356. The van der Waals surface area contributed by atoms with Crippen molar-refractivity contribution in [1.82, 2.24) is 0 Å². The number of aryl methyl sites for hydroxylation is 1. The fourth-order valence-corrected chi connectivity index (χ4v) is 4.27. The van der Waals surface area contributed by atoms with Gasteiger partial charge in [0.25, 0.3) is 0 Å². The maximum Gasteiger partial charge on any atom is 0.0417 e. The van der Waals surface area contributed by atoms with Gasteiger partial charge in [-0.25, -0.2) is 0 Å². The van der Waals surface area contributed by atoms with Gasteiger partial charge in [0, 0.05) is 11.4 Å². The van der Waals surface area contributed by atoms with Crippen molar-refractivity contribution in [2.45, 2.75) is 46.5 Å². The number of anilines is 2. The monoisotopic (exact) mass is 329 g/mol. The molecule has 0 bridgehead atoms. The van der Waals surface area contributed by atoms with Crippen LogP contribution in [-0.2, 0) is 6.42 Å². The van der Waals surface area contributed by atoms with Crippen LogP contribution < -0.4 is 5.32 Å². The molecule has 4 rings (SSSR count). The van der Waals surface area contributed by atoms with E-state index in [4.69, 9.17) is 0 Å². The summed E-state index contributed by atoms with van der Waals surface area (Å²) in [6.45, 7) is 6.87. The minimum absolute atomic E-state index is 0.356. The Morgan fingerprint density at radius 3 is 2.52 bits per heavy atom. The van der Waals surface area contributed by atoms with Crippen LogP contribution >= 0.6 is 0 Å². The number of hydrogen-bond donors (Lipinski definition) is 1. The van der Waals surface area contributed by atoms with Gasteiger partial charge < -0.3 is 5.32 Å². The molecule has 1 heteroatoms. The van der Waals surface area contributed by atoms with Crippen molar-refractivity contribution in [3.05, 3.63) is 76.9 Å². The van der Waals surface area contributed by atoms with E-state index in [-0.39, 0.29) is 0 Å². The lowest BCUT2D eigenvalue weighted by atomic mass is 9.72. The van der Waals surface area contributed by atoms with Crippen LogP contribution in [0.1, 0.15) is 49.8 Å². The summed E-state index contributed by atoms with van der Waals surface area (Å²) in [6, 6.07) is 15.2. The molecule has 0 unspecified atom stereocenters. The van der Waals surface area contributed by atoms with Crippen molar-refractivity contribution < 1.29 is 0 Å². The molecule has 2 aromatic carbocycles. The molecule has 128 valence electrons. The van der Waals surface area contributed by atoms with Crippen LogP contribution in [-0.4, -0.2) is 0 Å². The van der Waals surface area contributed by atoms with Gasteiger partial charge in [0.2, 0.25) is 0 Å². The molecule has 0 atom stereocenters. The SMILES string of the molecule is CCC1(CC)C=CC2=C(C1)c1cc(C)c(Nc3ccccc3)cc1C2. The second-order valence-corrected chi connectivity index (χ2v) is 7.58. The second-order valence-electron chi connectivity index (χ2n) is 7.58. The van der Waals surface area contributed by atoms with E-state index in [2.05, 4.69) is 80.7 Å². The van der Waals surface area contributed by atoms with Gasteiger partial charge in [0.05, 0.1) is 0 Å². The molecule has 1 nitrogen and oxygen atoms in total. The molecule has 0 amide bonds. The van der Waals surface area contributed by atoms with E-state index in [0.29, 0.717) is 5.41 Å². The standard InChI is InChI=1S/C24H27N/c1-4-24(5-2)12-11-18-14-19-15-23(25-20-9-7-6-8-10-20)17(3)13-21(19)22(18)16-24/h6-13,15,25H,4-5,14,16H2,1-3H3. The summed E-state index contributed by atoms with van der Waals surface area (Å²) in [7, 11) is 0. The zero-order chi connectivity index (χ0) is 17.4. The maximum atomic E-state index is 3.59. The van der Waals surface area contributed by atoms with Crippen LogP contribution in [0.2, 0.25) is 0 Å². The molecule has 0 aromatic heterocycles. The first-order valence-electron chi connectivity index (χ1n) is 9.51. The number of fused-ring (bicyclic) bond motifs is 2. The maximum absolute atomic E-state index is 3.59. The Labute approximate surface area is 151 Å². The molecule has 0 saturated carbocycles. The summed E-state index contributed by atoms with van der Waals surface area (Å²) in [5.74, 6) is 0. The van der Waals surface area contributed by atoms with E-state index < -0.39 is 0 Å². The summed E-state index contributed by atoms with van der Waals surface area (Å²) < 4.78 is 0. The summed E-state index contributed by atoms with van der Waals surface area (Å²) >= 11 is 0. The lowest BCUT2D eigenvalue weighted by Gasteiger charge is -2.32. The number of nitrogens with one attached hydrogen (secondary N) is 1. The average molecular weight is 329 g/mol. The number of benzene rings is 2. The highest BCUT2D eigenvalue weighted by molar-refractivity contribution is 5.83. The predicted octanol–water partition coefficient (Wildman–Crippen LogP) is 6.81. The molecule has 25 heavy (non-hydrogen) atoms. The molecule has 2 aromatic rings. The molecule has 0 radical (unpaired) electrons. The van der Waals surface area contributed by atoms with E-state index in [1.807, 2.05) is 0 Å². The topological polar surface area (TPSA) is 12.0 Å². The Morgan fingerprint density at radius 2 is 1.80 bits per heavy atom. The summed E-state index contributed by atoms with van der Waals surface area (Å²) in [4.78, 5) is 0. The predicted molar refractivity (Wildman–Crippen MR) is 108 cm³/mol. The quantitative estimate of drug-likeness (QED) is 0.649. The van der Waals surface area contributed by atoms with Crippen LogP contribution in [0.4, 0.5) is 11.4 Å². The Bertz CT molecular complexity index is 851. The second kappa shape index (κ2) is 6.22. The summed E-state index contributed by atoms with van der Waals surface area (Å²) in [5.41, 5.74) is 10.1. The zero-order valence-electron chi connectivity index (χ0n) is 15.5. The number of hydrogen-bond acceptors (Lipinski definition) is 1. The van der Waals surface area contributed by atoms with E-state index in [1.54, 1.807) is 5.57 Å². The van der Waals surface area contributed by atoms with E-state index in [1.165, 1.54) is 47.2 Å². The van der Waals surface area contributed by atoms with Crippen LogP contribution in [0.25, 0.3) is 5.57 Å². The molecule has 2 aliphatic carbocycles. The lowest BCUT2D eigenvalue weighted by molar-refractivity contribution is 0.359. The number of rotatable bonds is 4. The first kappa shape index (κ1) is 16.2. The zero-order valence-corrected chi connectivity index (χ0v) is 15.5. The van der Waals surface area contributed by atoms with Gasteiger partial charge in [0.15, 0.2) is 0 Å². The molecule has 0 saturated heterocycles. The van der Waals surface area contributed by atoms with Crippen molar-refractivity contribution in [1.29, 1.82) is 0 Å². The first-order chi connectivity index (χ1) is 12.1. The summed E-state index contributed by atoms with van der Waals surface area (Å²) in [6.07, 6.45) is 9.61. The van der Waals surface area contributed by atoms with Crippen molar-refractivity contribution in [3.63, 3.8) is 0 Å². The Kier molecular flexibility index (Phi) is 4.03. The van der Waals surface area contributed by atoms with Gasteiger partial charge in [-0.15, -0.1) is 0 Å². The third-order valence-corrected chi connectivity index (χ3v) is 6.17. The third kappa shape index (κ3) is 2.82. The highest BCUT2D eigenvalue weighted by Crippen LogP contribution is 2.48. The first-order valence-corrected chi connectivity index (χ1v) is 9.51. The van der Waals surface area contributed by atoms with Crippen LogP contribution in [0.15, 0.2) is 60.2 Å². The van der Waals surface area contributed by atoms with Crippen LogP contribution in [0, 0.1) is 12.3 Å². The average Bonchev–Trinajstić information content (AvgIpc) is 2.99. The van der Waals surface area contributed by atoms with Gasteiger partial charge in [-0.1, -0.05) is 44.2 Å². The molecule has 0 heterocycles. The van der Waals surface area contributed by atoms with Gasteiger partial charge >= 0.3 is 0 Å². The van der Waals surface area contributed by atoms with E-state index >= 15 is 0 Å². The highest BCUT2D eigenvalue weighted by atomic mass is 14.9. The van der Waals surface area contributed by atoms with Crippen molar-refractivity contribution >= 4 is 16.9 Å². The number of allylic oxidation sites excluding steroid dienone is 4. The molecule has 0 fully saturated rings. The lowest BCUT2D eigenvalue weighted by Crippen LogP contribution is -2.18. The minimum Gasteiger partial charge on any atom is -0.355 e. The normalized spacial score (nSPS) is 17.4. The smallest absolute Gasteiger partial charge is 0.0417 e. The Hall–Kier alpha value is -2.28. The fourth-order valence-electron chi connectivity index (χ4n) is 4.27. The van der Waals surface area contributed by atoms with Crippen molar-refractivity contribution in [2.75, 3.05) is 5.32 Å². The summed E-state index contributed by atoms with van der Waals surface area (Å²) in [5, 5.41) is 3.59. The van der Waals surface area contributed by atoms with Gasteiger partial charge in [-0.05, 0) is 90.1 Å². The number of para-hydroxylation sites is 1. The van der Waals surface area contributed by atoms with Gasteiger partial charge in [0.1, 0.15) is 0 Å². The van der Waals surface area contributed by atoms with Crippen molar-refractivity contribution in [2.24, 2.45) is 5.41 Å². The third-order valence-electron chi connectivity index (χ3n) is 6.17.